The van der Waals surface area contributed by atoms with Crippen LogP contribution >= 0.6 is 27.7 Å². The van der Waals surface area contributed by atoms with Gasteiger partial charge in [-0.2, -0.15) is 0 Å². The molecule has 2 nitrogen and oxygen atoms in total. The van der Waals surface area contributed by atoms with Crippen LogP contribution in [0.2, 0.25) is 0 Å². The van der Waals surface area contributed by atoms with Crippen molar-refractivity contribution in [2.45, 2.75) is 24.9 Å². The molecule has 0 heterocycles. The Morgan fingerprint density at radius 3 is 2.71 bits per heavy atom. The van der Waals surface area contributed by atoms with Gasteiger partial charge in [-0.3, -0.25) is 4.79 Å². The molecule has 1 unspecified atom stereocenters. The SMILES string of the molecule is CC(C)C(SCc1cccc(F)c1Br)C(=O)O. The summed E-state index contributed by atoms with van der Waals surface area (Å²) in [6, 6.07) is 4.79. The third kappa shape index (κ3) is 4.00. The first-order valence-corrected chi connectivity index (χ1v) is 7.05. The molecule has 1 rings (SSSR count). The Morgan fingerprint density at radius 1 is 1.53 bits per heavy atom. The molecular formula is C12H14BrFO2S. The Hall–Kier alpha value is -0.550. The second kappa shape index (κ2) is 6.40. The topological polar surface area (TPSA) is 37.3 Å². The summed E-state index contributed by atoms with van der Waals surface area (Å²) in [5.41, 5.74) is 0.780. The summed E-state index contributed by atoms with van der Waals surface area (Å²) >= 11 is 4.49. The number of carbonyl (C=O) groups is 1. The molecular weight excluding hydrogens is 307 g/mol. The predicted molar refractivity (Wildman–Crippen MR) is 71.7 cm³/mol. The minimum atomic E-state index is -0.822. The predicted octanol–water partition coefficient (Wildman–Crippen LogP) is 3.93. The highest BCUT2D eigenvalue weighted by molar-refractivity contribution is 9.10. The van der Waals surface area contributed by atoms with Crippen molar-refractivity contribution in [3.8, 4) is 0 Å². The number of rotatable bonds is 5. The Morgan fingerprint density at radius 2 is 2.18 bits per heavy atom. The van der Waals surface area contributed by atoms with E-state index >= 15 is 0 Å². The van der Waals surface area contributed by atoms with E-state index in [9.17, 15) is 9.18 Å². The smallest absolute Gasteiger partial charge is 0.316 e. The first-order chi connectivity index (χ1) is 7.93. The Bertz CT molecular complexity index is 409. The molecule has 0 saturated carbocycles. The minimum absolute atomic E-state index is 0.0461. The second-order valence-electron chi connectivity index (χ2n) is 4.03. The number of halogens is 2. The molecule has 0 aliphatic rings. The fourth-order valence-corrected chi connectivity index (χ4v) is 3.11. The first-order valence-electron chi connectivity index (χ1n) is 5.20. The largest absolute Gasteiger partial charge is 0.480 e. The number of carboxylic acids is 1. The molecule has 0 amide bonds. The zero-order valence-electron chi connectivity index (χ0n) is 9.61. The highest BCUT2D eigenvalue weighted by atomic mass is 79.9. The van der Waals surface area contributed by atoms with Gasteiger partial charge in [0.15, 0.2) is 0 Å². The second-order valence-corrected chi connectivity index (χ2v) is 5.95. The third-order valence-electron chi connectivity index (χ3n) is 2.30. The van der Waals surface area contributed by atoms with E-state index in [0.29, 0.717) is 10.2 Å². The van der Waals surface area contributed by atoms with Gasteiger partial charge in [0.25, 0.3) is 0 Å². The molecule has 1 N–H and O–H groups in total. The van der Waals surface area contributed by atoms with Crippen LogP contribution in [0.5, 0.6) is 0 Å². The third-order valence-corrected chi connectivity index (χ3v) is 4.77. The molecule has 1 atom stereocenters. The zero-order chi connectivity index (χ0) is 13.0. The maximum atomic E-state index is 13.2. The van der Waals surface area contributed by atoms with Crippen LogP contribution in [0.3, 0.4) is 0 Å². The fourth-order valence-electron chi connectivity index (χ4n) is 1.39. The van der Waals surface area contributed by atoms with Gasteiger partial charge in [-0.1, -0.05) is 26.0 Å². The number of carboxylic acid groups (broad SMARTS) is 1. The van der Waals surface area contributed by atoms with Crippen molar-refractivity contribution in [2.75, 3.05) is 0 Å². The Kier molecular flexibility index (Phi) is 5.46. The van der Waals surface area contributed by atoms with Crippen LogP contribution in [0.15, 0.2) is 22.7 Å². The summed E-state index contributed by atoms with van der Waals surface area (Å²) in [5.74, 6) is -0.616. The molecule has 17 heavy (non-hydrogen) atoms. The molecule has 0 radical (unpaired) electrons. The molecule has 0 bridgehead atoms. The van der Waals surface area contributed by atoms with Crippen molar-refractivity contribution in [3.63, 3.8) is 0 Å². The number of thioether (sulfide) groups is 1. The maximum Gasteiger partial charge on any atom is 0.316 e. The average Bonchev–Trinajstić information content (AvgIpc) is 2.23. The molecule has 0 aromatic heterocycles. The molecule has 0 fully saturated rings. The number of aliphatic carboxylic acids is 1. The summed E-state index contributed by atoms with van der Waals surface area (Å²) in [6.45, 7) is 3.73. The van der Waals surface area contributed by atoms with E-state index in [-0.39, 0.29) is 11.7 Å². The Labute approximate surface area is 113 Å². The van der Waals surface area contributed by atoms with E-state index in [2.05, 4.69) is 15.9 Å². The lowest BCUT2D eigenvalue weighted by Crippen LogP contribution is -2.22. The highest BCUT2D eigenvalue weighted by Gasteiger charge is 2.22. The van der Waals surface area contributed by atoms with E-state index in [4.69, 9.17) is 5.11 Å². The van der Waals surface area contributed by atoms with Gasteiger partial charge >= 0.3 is 5.97 Å². The molecule has 94 valence electrons. The Balaban J connectivity index is 2.72. The van der Waals surface area contributed by atoms with Crippen LogP contribution < -0.4 is 0 Å². The first kappa shape index (κ1) is 14.5. The molecule has 0 saturated heterocycles. The molecule has 0 spiro atoms. The summed E-state index contributed by atoms with van der Waals surface area (Å²) in [7, 11) is 0. The van der Waals surface area contributed by atoms with E-state index in [1.165, 1.54) is 17.8 Å². The maximum absolute atomic E-state index is 13.2. The fraction of sp³-hybridized carbons (Fsp3) is 0.417. The van der Waals surface area contributed by atoms with Gasteiger partial charge in [0.1, 0.15) is 11.1 Å². The van der Waals surface area contributed by atoms with Gasteiger partial charge in [-0.15, -0.1) is 11.8 Å². The zero-order valence-corrected chi connectivity index (χ0v) is 12.0. The molecule has 5 heteroatoms. The molecule has 1 aromatic carbocycles. The quantitative estimate of drug-likeness (QED) is 0.893. The number of benzene rings is 1. The highest BCUT2D eigenvalue weighted by Crippen LogP contribution is 2.28. The molecule has 0 aliphatic heterocycles. The van der Waals surface area contributed by atoms with Crippen molar-refractivity contribution in [1.82, 2.24) is 0 Å². The average molecular weight is 321 g/mol. The van der Waals surface area contributed by atoms with Crippen molar-refractivity contribution >= 4 is 33.7 Å². The van der Waals surface area contributed by atoms with Crippen molar-refractivity contribution in [2.24, 2.45) is 5.92 Å². The van der Waals surface area contributed by atoms with Crippen LogP contribution in [0, 0.1) is 11.7 Å². The lowest BCUT2D eigenvalue weighted by atomic mass is 10.1. The van der Waals surface area contributed by atoms with E-state index < -0.39 is 11.2 Å². The normalized spacial score (nSPS) is 12.8. The summed E-state index contributed by atoms with van der Waals surface area (Å²) in [4.78, 5) is 11.0. The van der Waals surface area contributed by atoms with Gasteiger partial charge in [0.2, 0.25) is 0 Å². The van der Waals surface area contributed by atoms with Gasteiger partial charge in [0.05, 0.1) is 4.47 Å². The van der Waals surface area contributed by atoms with Crippen LogP contribution in [0.4, 0.5) is 4.39 Å². The molecule has 0 aliphatic carbocycles. The van der Waals surface area contributed by atoms with Crippen LogP contribution in [0.25, 0.3) is 0 Å². The van der Waals surface area contributed by atoms with Crippen molar-refractivity contribution in [3.05, 3.63) is 34.1 Å². The summed E-state index contributed by atoms with van der Waals surface area (Å²) < 4.78 is 13.7. The van der Waals surface area contributed by atoms with E-state index in [1.54, 1.807) is 12.1 Å². The van der Waals surface area contributed by atoms with Crippen molar-refractivity contribution in [1.29, 1.82) is 0 Å². The van der Waals surface area contributed by atoms with Crippen LogP contribution in [-0.4, -0.2) is 16.3 Å². The van der Waals surface area contributed by atoms with Crippen molar-refractivity contribution < 1.29 is 14.3 Å². The van der Waals surface area contributed by atoms with Crippen LogP contribution in [-0.2, 0) is 10.5 Å². The van der Waals surface area contributed by atoms with Gasteiger partial charge < -0.3 is 5.11 Å². The van der Waals surface area contributed by atoms with Gasteiger partial charge in [-0.05, 0) is 33.5 Å². The summed E-state index contributed by atoms with van der Waals surface area (Å²) in [6.07, 6.45) is 0. The molecule has 1 aromatic rings. The van der Waals surface area contributed by atoms with Crippen LogP contribution in [0.1, 0.15) is 19.4 Å². The van der Waals surface area contributed by atoms with Gasteiger partial charge in [0, 0.05) is 5.75 Å². The summed E-state index contributed by atoms with van der Waals surface area (Å²) in [5, 5.41) is 8.57. The lowest BCUT2D eigenvalue weighted by Gasteiger charge is -2.16. The number of hydrogen-bond donors (Lipinski definition) is 1. The minimum Gasteiger partial charge on any atom is -0.480 e. The lowest BCUT2D eigenvalue weighted by molar-refractivity contribution is -0.137. The standard InChI is InChI=1S/C12H14BrFO2S/c1-7(2)11(12(15)16)17-6-8-4-3-5-9(14)10(8)13/h3-5,7,11H,6H2,1-2H3,(H,15,16). The van der Waals surface area contributed by atoms with Gasteiger partial charge in [-0.25, -0.2) is 4.39 Å². The monoisotopic (exact) mass is 320 g/mol. The van der Waals surface area contributed by atoms with E-state index in [0.717, 1.165) is 5.56 Å². The van der Waals surface area contributed by atoms with E-state index in [1.807, 2.05) is 13.8 Å². The number of hydrogen-bond acceptors (Lipinski definition) is 2.